The van der Waals surface area contributed by atoms with E-state index in [2.05, 4.69) is 21.2 Å². The van der Waals surface area contributed by atoms with Crippen molar-refractivity contribution in [2.75, 3.05) is 32.8 Å². The number of carbonyl (C=O) groups excluding carboxylic acids is 1. The second kappa shape index (κ2) is 7.18. The summed E-state index contributed by atoms with van der Waals surface area (Å²) in [6, 6.07) is 5.37. The van der Waals surface area contributed by atoms with E-state index in [0.717, 1.165) is 30.7 Å². The molecule has 1 amide bonds. The van der Waals surface area contributed by atoms with Crippen molar-refractivity contribution in [1.29, 1.82) is 0 Å². The zero-order chi connectivity index (χ0) is 14.1. The van der Waals surface area contributed by atoms with Crippen LogP contribution in [0.4, 0.5) is 0 Å². The van der Waals surface area contributed by atoms with E-state index in [9.17, 15) is 4.79 Å². The van der Waals surface area contributed by atoms with E-state index in [0.29, 0.717) is 22.6 Å². The third kappa shape index (κ3) is 3.83. The van der Waals surface area contributed by atoms with Gasteiger partial charge in [-0.15, -0.1) is 12.4 Å². The number of nitrogens with zero attached hydrogens (tertiary/aromatic N) is 1. The van der Waals surface area contributed by atoms with E-state index in [1.54, 1.807) is 12.1 Å². The Morgan fingerprint density at radius 1 is 1.38 bits per heavy atom. The van der Waals surface area contributed by atoms with Gasteiger partial charge in [0.05, 0.1) is 5.02 Å². The van der Waals surface area contributed by atoms with E-state index < -0.39 is 0 Å². The van der Waals surface area contributed by atoms with Crippen LogP contribution in [0.5, 0.6) is 5.75 Å². The summed E-state index contributed by atoms with van der Waals surface area (Å²) in [7, 11) is 0. The molecule has 1 aromatic carbocycles. The van der Waals surface area contributed by atoms with Gasteiger partial charge in [-0.2, -0.15) is 0 Å². The highest BCUT2D eigenvalue weighted by atomic mass is 79.9. The third-order valence-electron chi connectivity index (χ3n) is 3.99. The largest absolute Gasteiger partial charge is 0.482 e. The van der Waals surface area contributed by atoms with Gasteiger partial charge in [0.2, 0.25) is 0 Å². The van der Waals surface area contributed by atoms with Crippen LogP contribution in [0.25, 0.3) is 0 Å². The Morgan fingerprint density at radius 3 is 2.67 bits per heavy atom. The minimum absolute atomic E-state index is 0. The number of carbonyl (C=O) groups is 1. The molecule has 0 spiro atoms. The Balaban J connectivity index is 0.00000161. The van der Waals surface area contributed by atoms with Crippen LogP contribution in [-0.2, 0) is 4.79 Å². The van der Waals surface area contributed by atoms with Gasteiger partial charge in [0, 0.05) is 30.7 Å². The van der Waals surface area contributed by atoms with E-state index in [1.807, 2.05) is 11.0 Å². The number of hydrogen-bond acceptors (Lipinski definition) is 3. The number of likely N-dealkylation sites (tertiary alicyclic amines) is 1. The van der Waals surface area contributed by atoms with Gasteiger partial charge in [0.25, 0.3) is 5.91 Å². The second-order valence-corrected chi connectivity index (χ2v) is 6.66. The number of halogens is 3. The zero-order valence-corrected chi connectivity index (χ0v) is 14.5. The molecule has 0 saturated carbocycles. The Hall–Kier alpha value is -0.490. The van der Waals surface area contributed by atoms with E-state index in [1.165, 1.54) is 0 Å². The summed E-state index contributed by atoms with van der Waals surface area (Å²) in [5.74, 6) is 1.80. The Morgan fingerprint density at radius 2 is 2.05 bits per heavy atom. The van der Waals surface area contributed by atoms with Gasteiger partial charge < -0.3 is 15.0 Å². The predicted octanol–water partition coefficient (Wildman–Crippen LogP) is 2.58. The highest BCUT2D eigenvalue weighted by molar-refractivity contribution is 9.10. The molecule has 0 radical (unpaired) electrons. The normalized spacial score (nSPS) is 23.6. The molecule has 21 heavy (non-hydrogen) atoms. The average Bonchev–Trinajstić information content (AvgIpc) is 2.98. The number of amides is 1. The first-order valence-electron chi connectivity index (χ1n) is 6.70. The number of benzene rings is 1. The molecule has 0 aliphatic carbocycles. The van der Waals surface area contributed by atoms with E-state index >= 15 is 0 Å². The van der Waals surface area contributed by atoms with Crippen LogP contribution >= 0.6 is 39.9 Å². The van der Waals surface area contributed by atoms with Crippen LogP contribution in [0, 0.1) is 11.8 Å². The molecule has 4 nitrogen and oxygen atoms in total. The summed E-state index contributed by atoms with van der Waals surface area (Å²) >= 11 is 9.40. The highest BCUT2D eigenvalue weighted by Crippen LogP contribution is 2.29. The minimum Gasteiger partial charge on any atom is -0.482 e. The molecule has 116 valence electrons. The quantitative estimate of drug-likeness (QED) is 0.855. The van der Waals surface area contributed by atoms with Crippen molar-refractivity contribution in [3.63, 3.8) is 0 Å². The molecule has 2 fully saturated rings. The summed E-state index contributed by atoms with van der Waals surface area (Å²) in [5.41, 5.74) is 0. The van der Waals surface area contributed by atoms with Gasteiger partial charge in [-0.3, -0.25) is 4.79 Å². The first-order valence-corrected chi connectivity index (χ1v) is 7.87. The molecule has 1 N–H and O–H groups in total. The topological polar surface area (TPSA) is 41.6 Å². The molecular formula is C14H17BrCl2N2O2. The molecule has 2 atom stereocenters. The summed E-state index contributed by atoms with van der Waals surface area (Å²) < 4.78 is 6.42. The molecular weight excluding hydrogens is 379 g/mol. The maximum Gasteiger partial charge on any atom is 0.260 e. The third-order valence-corrected chi connectivity index (χ3v) is 4.78. The van der Waals surface area contributed by atoms with E-state index in [-0.39, 0.29) is 24.9 Å². The highest BCUT2D eigenvalue weighted by Gasteiger charge is 2.37. The fourth-order valence-corrected chi connectivity index (χ4v) is 3.61. The standard InChI is InChI=1S/C14H16BrClN2O2.ClH/c15-11-1-2-13(12(16)3-11)20-8-14(19)18-6-9-4-17-5-10(9)7-18;/h1-3,9-10,17H,4-8H2;1H/t9-,10+;. The summed E-state index contributed by atoms with van der Waals surface area (Å²) in [4.78, 5) is 14.1. The van der Waals surface area contributed by atoms with Gasteiger partial charge in [0.1, 0.15) is 5.75 Å². The molecule has 2 aliphatic heterocycles. The second-order valence-electron chi connectivity index (χ2n) is 5.34. The molecule has 3 rings (SSSR count). The van der Waals surface area contributed by atoms with Crippen LogP contribution < -0.4 is 10.1 Å². The van der Waals surface area contributed by atoms with Gasteiger partial charge in [-0.1, -0.05) is 27.5 Å². The van der Waals surface area contributed by atoms with Crippen molar-refractivity contribution in [3.05, 3.63) is 27.7 Å². The fourth-order valence-electron chi connectivity index (χ4n) is 2.88. The fraction of sp³-hybridized carbons (Fsp3) is 0.500. The van der Waals surface area contributed by atoms with Gasteiger partial charge in [-0.25, -0.2) is 0 Å². The maximum absolute atomic E-state index is 12.2. The monoisotopic (exact) mass is 394 g/mol. The van der Waals surface area contributed by atoms with Gasteiger partial charge in [-0.05, 0) is 30.0 Å². The molecule has 2 saturated heterocycles. The molecule has 0 unspecified atom stereocenters. The molecule has 7 heteroatoms. The summed E-state index contributed by atoms with van der Waals surface area (Å²) in [5, 5.41) is 3.87. The number of hydrogen-bond donors (Lipinski definition) is 1. The molecule has 1 aromatic rings. The lowest BCUT2D eigenvalue weighted by molar-refractivity contribution is -0.132. The first-order chi connectivity index (χ1) is 9.63. The Bertz CT molecular complexity index is 518. The molecule has 2 heterocycles. The van der Waals surface area contributed by atoms with Crippen molar-refractivity contribution in [2.24, 2.45) is 11.8 Å². The lowest BCUT2D eigenvalue weighted by atomic mass is 10.0. The van der Waals surface area contributed by atoms with Crippen molar-refractivity contribution in [3.8, 4) is 5.75 Å². The first kappa shape index (κ1) is 16.9. The van der Waals surface area contributed by atoms with Crippen LogP contribution in [0.15, 0.2) is 22.7 Å². The molecule has 0 aromatic heterocycles. The van der Waals surface area contributed by atoms with Crippen LogP contribution in [-0.4, -0.2) is 43.6 Å². The zero-order valence-electron chi connectivity index (χ0n) is 11.4. The SMILES string of the molecule is Cl.O=C(COc1ccc(Br)cc1Cl)N1C[C@H]2CNC[C@H]2C1. The Kier molecular flexibility index (Phi) is 5.77. The summed E-state index contributed by atoms with van der Waals surface area (Å²) in [6.45, 7) is 3.78. The minimum atomic E-state index is 0. The lowest BCUT2D eigenvalue weighted by Crippen LogP contribution is -2.35. The number of nitrogens with one attached hydrogen (secondary N) is 1. The number of ether oxygens (including phenoxy) is 1. The van der Waals surface area contributed by atoms with Crippen molar-refractivity contribution < 1.29 is 9.53 Å². The Labute approximate surface area is 143 Å². The smallest absolute Gasteiger partial charge is 0.260 e. The number of rotatable bonds is 3. The predicted molar refractivity (Wildman–Crippen MR) is 88.3 cm³/mol. The molecule has 0 bridgehead atoms. The van der Waals surface area contributed by atoms with Gasteiger partial charge in [0.15, 0.2) is 6.61 Å². The average molecular weight is 396 g/mol. The van der Waals surface area contributed by atoms with Crippen molar-refractivity contribution in [1.82, 2.24) is 10.2 Å². The van der Waals surface area contributed by atoms with Crippen molar-refractivity contribution in [2.45, 2.75) is 0 Å². The number of fused-ring (bicyclic) bond motifs is 1. The van der Waals surface area contributed by atoms with Crippen LogP contribution in [0.1, 0.15) is 0 Å². The lowest BCUT2D eigenvalue weighted by Gasteiger charge is -2.18. The van der Waals surface area contributed by atoms with Gasteiger partial charge >= 0.3 is 0 Å². The molecule has 2 aliphatic rings. The van der Waals surface area contributed by atoms with Crippen LogP contribution in [0.3, 0.4) is 0 Å². The van der Waals surface area contributed by atoms with E-state index in [4.69, 9.17) is 16.3 Å². The van der Waals surface area contributed by atoms with Crippen LogP contribution in [0.2, 0.25) is 5.02 Å². The maximum atomic E-state index is 12.2. The van der Waals surface area contributed by atoms with Crippen molar-refractivity contribution >= 4 is 45.8 Å². The summed E-state index contributed by atoms with van der Waals surface area (Å²) in [6.07, 6.45) is 0.